The number of rotatable bonds is 5. The van der Waals surface area contributed by atoms with E-state index in [0.29, 0.717) is 45.9 Å². The van der Waals surface area contributed by atoms with Crippen molar-refractivity contribution in [3.8, 4) is 22.8 Å². The van der Waals surface area contributed by atoms with Crippen LogP contribution < -0.4 is 9.47 Å². The van der Waals surface area contributed by atoms with Crippen molar-refractivity contribution in [2.75, 3.05) is 20.8 Å². The van der Waals surface area contributed by atoms with Gasteiger partial charge in [-0.2, -0.15) is 0 Å². The molecule has 174 valence electrons. The number of aromatic nitrogens is 2. The molecule has 0 aliphatic carbocycles. The largest absolute Gasteiger partial charge is 0.497 e. The van der Waals surface area contributed by atoms with Crippen LogP contribution in [0.2, 0.25) is 0 Å². The summed E-state index contributed by atoms with van der Waals surface area (Å²) in [5.41, 5.74) is 3.42. The van der Waals surface area contributed by atoms with E-state index in [-0.39, 0.29) is 23.5 Å². The molecule has 3 heterocycles. The van der Waals surface area contributed by atoms with Crippen LogP contribution in [0.5, 0.6) is 11.5 Å². The van der Waals surface area contributed by atoms with E-state index in [9.17, 15) is 9.18 Å². The second kappa shape index (κ2) is 8.78. The molecule has 1 saturated heterocycles. The molecule has 0 bridgehead atoms. The van der Waals surface area contributed by atoms with Crippen LogP contribution in [0.1, 0.15) is 40.5 Å². The summed E-state index contributed by atoms with van der Waals surface area (Å²) in [5, 5.41) is 4.62. The third kappa shape index (κ3) is 3.75. The van der Waals surface area contributed by atoms with Gasteiger partial charge in [-0.25, -0.2) is 9.37 Å². The number of ether oxygens (including phenoxy) is 2. The predicted molar refractivity (Wildman–Crippen MR) is 124 cm³/mol. The minimum absolute atomic E-state index is 0.144. The summed E-state index contributed by atoms with van der Waals surface area (Å²) in [6, 6.07) is 13.2. The van der Waals surface area contributed by atoms with Crippen LogP contribution in [0.4, 0.5) is 4.39 Å². The van der Waals surface area contributed by atoms with E-state index in [1.54, 1.807) is 39.3 Å². The highest BCUT2D eigenvalue weighted by atomic mass is 19.1. The minimum atomic E-state index is -0.344. The van der Waals surface area contributed by atoms with Gasteiger partial charge in [0.25, 0.3) is 11.6 Å². The molecule has 4 aromatic rings. The molecule has 1 unspecified atom stereocenters. The van der Waals surface area contributed by atoms with Gasteiger partial charge in [-0.05, 0) is 68.3 Å². The molecule has 2 aromatic carbocycles. The number of fused-ring (bicyclic) bond motifs is 1. The normalized spacial score (nSPS) is 15.6. The summed E-state index contributed by atoms with van der Waals surface area (Å²) < 4.78 is 29.9. The first-order chi connectivity index (χ1) is 16.5. The van der Waals surface area contributed by atoms with E-state index in [1.807, 2.05) is 23.1 Å². The number of likely N-dealkylation sites (tertiary alicyclic amines) is 1. The lowest BCUT2D eigenvalue weighted by atomic mass is 10.0. The number of amides is 1. The predicted octanol–water partition coefficient (Wildman–Crippen LogP) is 5.33. The van der Waals surface area contributed by atoms with Crippen LogP contribution in [0.15, 0.2) is 53.1 Å². The fraction of sp³-hybridized carbons (Fsp3) is 0.269. The van der Waals surface area contributed by atoms with Crippen LogP contribution in [-0.2, 0) is 0 Å². The molecule has 5 rings (SSSR count). The molecule has 0 saturated carbocycles. The van der Waals surface area contributed by atoms with Gasteiger partial charge in [0.15, 0.2) is 0 Å². The Balaban J connectivity index is 1.60. The third-order valence-electron chi connectivity index (χ3n) is 6.30. The second-order valence-corrected chi connectivity index (χ2v) is 8.27. The lowest BCUT2D eigenvalue weighted by Crippen LogP contribution is -2.31. The highest BCUT2D eigenvalue weighted by molar-refractivity contribution is 6.07. The molecule has 0 radical (unpaired) electrons. The molecule has 1 amide bonds. The number of methoxy groups -OCH3 is 2. The number of aryl methyl sites for hydroxylation is 1. The van der Waals surface area contributed by atoms with Crippen molar-refractivity contribution < 1.29 is 23.2 Å². The standard InChI is InChI=1S/C26H24FN3O4/c1-15-24-20(14-21(28-25(24)34-29-15)16-6-8-17(27)9-7-16)26(31)30-12-4-5-22(30)19-13-18(32-2)10-11-23(19)33-3/h6-11,13-14,22H,4-5,12H2,1-3H3. The number of nitrogens with zero attached hydrogens (tertiary/aromatic N) is 3. The Labute approximate surface area is 196 Å². The summed E-state index contributed by atoms with van der Waals surface area (Å²) in [6.07, 6.45) is 1.66. The summed E-state index contributed by atoms with van der Waals surface area (Å²) in [6.45, 7) is 2.39. The molecule has 0 N–H and O–H groups in total. The van der Waals surface area contributed by atoms with Crippen molar-refractivity contribution in [1.82, 2.24) is 15.0 Å². The van der Waals surface area contributed by atoms with Gasteiger partial charge in [-0.15, -0.1) is 0 Å². The SMILES string of the molecule is COc1ccc(OC)c(C2CCCN2C(=O)c2cc(-c3ccc(F)cc3)nc3onc(C)c23)c1. The fourth-order valence-electron chi connectivity index (χ4n) is 4.62. The van der Waals surface area contributed by atoms with Crippen LogP contribution in [0.25, 0.3) is 22.4 Å². The Kier molecular flexibility index (Phi) is 5.65. The number of hydrogen-bond donors (Lipinski definition) is 0. The van der Waals surface area contributed by atoms with Crippen LogP contribution >= 0.6 is 0 Å². The fourth-order valence-corrected chi connectivity index (χ4v) is 4.62. The van der Waals surface area contributed by atoms with Gasteiger partial charge in [0.2, 0.25) is 0 Å². The number of carbonyl (C=O) groups excluding carboxylic acids is 1. The summed E-state index contributed by atoms with van der Waals surface area (Å²) in [4.78, 5) is 20.4. The number of benzene rings is 2. The topological polar surface area (TPSA) is 77.7 Å². The zero-order chi connectivity index (χ0) is 23.8. The number of hydrogen-bond acceptors (Lipinski definition) is 6. The Morgan fingerprint density at radius 3 is 2.65 bits per heavy atom. The highest BCUT2D eigenvalue weighted by Gasteiger charge is 2.34. The monoisotopic (exact) mass is 461 g/mol. The van der Waals surface area contributed by atoms with Crippen LogP contribution in [0.3, 0.4) is 0 Å². The molecular formula is C26H24FN3O4. The van der Waals surface area contributed by atoms with Crippen molar-refractivity contribution in [2.45, 2.75) is 25.8 Å². The maximum Gasteiger partial charge on any atom is 0.259 e. The van der Waals surface area contributed by atoms with Crippen molar-refractivity contribution in [1.29, 1.82) is 0 Å². The molecule has 0 spiro atoms. The van der Waals surface area contributed by atoms with Crippen LogP contribution in [-0.4, -0.2) is 41.7 Å². The van der Waals surface area contributed by atoms with E-state index in [4.69, 9.17) is 14.0 Å². The van der Waals surface area contributed by atoms with Gasteiger partial charge in [0, 0.05) is 17.7 Å². The van der Waals surface area contributed by atoms with E-state index in [1.165, 1.54) is 12.1 Å². The number of halogens is 1. The summed E-state index contributed by atoms with van der Waals surface area (Å²) in [5.74, 6) is 0.923. The van der Waals surface area contributed by atoms with Gasteiger partial charge >= 0.3 is 0 Å². The van der Waals surface area contributed by atoms with Gasteiger partial charge in [-0.1, -0.05) is 5.16 Å². The van der Waals surface area contributed by atoms with Crippen LogP contribution in [0, 0.1) is 12.7 Å². The van der Waals surface area contributed by atoms with E-state index in [2.05, 4.69) is 10.1 Å². The quantitative estimate of drug-likeness (QED) is 0.400. The molecule has 34 heavy (non-hydrogen) atoms. The van der Waals surface area contributed by atoms with Crippen molar-refractivity contribution in [3.63, 3.8) is 0 Å². The zero-order valence-corrected chi connectivity index (χ0v) is 19.2. The van der Waals surface area contributed by atoms with Gasteiger partial charge in [0.1, 0.15) is 17.3 Å². The molecule has 1 aliphatic rings. The van der Waals surface area contributed by atoms with Gasteiger partial charge < -0.3 is 18.9 Å². The Morgan fingerprint density at radius 1 is 1.12 bits per heavy atom. The van der Waals surface area contributed by atoms with Crippen molar-refractivity contribution in [2.24, 2.45) is 0 Å². The van der Waals surface area contributed by atoms with E-state index >= 15 is 0 Å². The van der Waals surface area contributed by atoms with Gasteiger partial charge in [-0.3, -0.25) is 4.79 Å². The highest BCUT2D eigenvalue weighted by Crippen LogP contribution is 2.40. The molecule has 7 nitrogen and oxygen atoms in total. The zero-order valence-electron chi connectivity index (χ0n) is 19.2. The molecule has 1 aliphatic heterocycles. The molecular weight excluding hydrogens is 437 g/mol. The first-order valence-electron chi connectivity index (χ1n) is 11.1. The lowest BCUT2D eigenvalue weighted by molar-refractivity contribution is 0.0736. The third-order valence-corrected chi connectivity index (χ3v) is 6.30. The Bertz CT molecular complexity index is 1370. The maximum absolute atomic E-state index is 14.0. The Hall–Kier alpha value is -3.94. The van der Waals surface area contributed by atoms with Crippen molar-refractivity contribution in [3.05, 3.63) is 71.2 Å². The maximum atomic E-state index is 14.0. The minimum Gasteiger partial charge on any atom is -0.497 e. The molecule has 1 atom stereocenters. The Morgan fingerprint density at radius 2 is 1.91 bits per heavy atom. The second-order valence-electron chi connectivity index (χ2n) is 8.27. The summed E-state index contributed by atoms with van der Waals surface area (Å²) in [7, 11) is 3.23. The number of carbonyl (C=O) groups is 1. The first kappa shape index (κ1) is 21.9. The molecule has 1 fully saturated rings. The molecule has 2 aromatic heterocycles. The lowest BCUT2D eigenvalue weighted by Gasteiger charge is -2.27. The molecule has 8 heteroatoms. The summed E-state index contributed by atoms with van der Waals surface area (Å²) >= 11 is 0. The average molecular weight is 461 g/mol. The van der Waals surface area contributed by atoms with E-state index in [0.717, 1.165) is 18.4 Å². The van der Waals surface area contributed by atoms with Crippen molar-refractivity contribution >= 4 is 17.0 Å². The average Bonchev–Trinajstić information content (AvgIpc) is 3.50. The van der Waals surface area contributed by atoms with Gasteiger partial charge in [0.05, 0.1) is 42.6 Å². The van der Waals surface area contributed by atoms with E-state index < -0.39 is 0 Å². The first-order valence-corrected chi connectivity index (χ1v) is 11.1. The smallest absolute Gasteiger partial charge is 0.259 e. The number of pyridine rings is 1.